The minimum atomic E-state index is 0.354. The van der Waals surface area contributed by atoms with Crippen molar-refractivity contribution in [2.45, 2.75) is 44.4 Å². The van der Waals surface area contributed by atoms with E-state index in [0.717, 1.165) is 23.3 Å². The Hall–Kier alpha value is -1.68. The Kier molecular flexibility index (Phi) is 2.45. The van der Waals surface area contributed by atoms with Crippen molar-refractivity contribution in [1.29, 1.82) is 0 Å². The lowest BCUT2D eigenvalue weighted by molar-refractivity contribution is 0.102. The zero-order valence-electron chi connectivity index (χ0n) is 11.0. The minimum absolute atomic E-state index is 0.354. The van der Waals surface area contributed by atoms with Crippen molar-refractivity contribution in [1.82, 2.24) is 10.2 Å². The minimum Gasteiger partial charge on any atom is -0.373 e. The van der Waals surface area contributed by atoms with Gasteiger partial charge in [0.1, 0.15) is 0 Å². The molecule has 2 bridgehead atoms. The molecule has 3 atom stereocenters. The van der Waals surface area contributed by atoms with Crippen LogP contribution in [0.5, 0.6) is 0 Å². The van der Waals surface area contributed by atoms with Crippen LogP contribution >= 0.6 is 0 Å². The average molecular weight is 255 g/mol. The number of aromatic nitrogens is 2. The first-order valence-electron chi connectivity index (χ1n) is 6.95. The molecule has 1 N–H and O–H groups in total. The molecular weight excluding hydrogens is 238 g/mol. The van der Waals surface area contributed by atoms with Gasteiger partial charge >= 0.3 is 0 Å². The summed E-state index contributed by atoms with van der Waals surface area (Å²) in [6.07, 6.45) is 4.27. The molecule has 0 aliphatic carbocycles. The molecule has 0 radical (unpaired) electrons. The van der Waals surface area contributed by atoms with Gasteiger partial charge in [-0.25, -0.2) is 0 Å². The van der Waals surface area contributed by atoms with E-state index in [9.17, 15) is 0 Å². The van der Waals surface area contributed by atoms with Crippen LogP contribution in [0.3, 0.4) is 0 Å². The maximum absolute atomic E-state index is 5.88. The Morgan fingerprint density at radius 2 is 2.00 bits per heavy atom. The Morgan fingerprint density at radius 1 is 1.16 bits per heavy atom. The van der Waals surface area contributed by atoms with E-state index in [1.54, 1.807) is 0 Å². The molecule has 1 aromatic carbocycles. The van der Waals surface area contributed by atoms with Crippen molar-refractivity contribution in [3.05, 3.63) is 30.0 Å². The highest BCUT2D eigenvalue weighted by Crippen LogP contribution is 2.36. The summed E-state index contributed by atoms with van der Waals surface area (Å²) in [5.41, 5.74) is 0.977. The predicted molar refractivity (Wildman–Crippen MR) is 74.2 cm³/mol. The second kappa shape index (κ2) is 4.17. The zero-order valence-corrected chi connectivity index (χ0v) is 11.0. The molecule has 0 spiro atoms. The molecule has 4 heteroatoms. The highest BCUT2D eigenvalue weighted by molar-refractivity contribution is 5.92. The van der Waals surface area contributed by atoms with Gasteiger partial charge in [0.2, 0.25) is 0 Å². The van der Waals surface area contributed by atoms with Crippen LogP contribution in [-0.2, 0) is 4.74 Å². The van der Waals surface area contributed by atoms with Crippen molar-refractivity contribution in [2.24, 2.45) is 0 Å². The third-order valence-electron chi connectivity index (χ3n) is 4.30. The van der Waals surface area contributed by atoms with Gasteiger partial charge in [-0.3, -0.25) is 0 Å². The number of benzene rings is 1. The summed E-state index contributed by atoms with van der Waals surface area (Å²) < 4.78 is 5.88. The second-order valence-electron chi connectivity index (χ2n) is 5.54. The first kappa shape index (κ1) is 11.2. The van der Waals surface area contributed by atoms with Gasteiger partial charge in [0.25, 0.3) is 0 Å². The quantitative estimate of drug-likeness (QED) is 0.896. The Balaban J connectivity index is 1.70. The fraction of sp³-hybridized carbons (Fsp3) is 0.467. The summed E-state index contributed by atoms with van der Waals surface area (Å²) in [5, 5.41) is 14.5. The fourth-order valence-corrected chi connectivity index (χ4v) is 3.31. The van der Waals surface area contributed by atoms with Gasteiger partial charge in [0.05, 0.1) is 23.9 Å². The molecule has 4 nitrogen and oxygen atoms in total. The maximum atomic E-state index is 5.88. The number of rotatable bonds is 2. The predicted octanol–water partition coefficient (Wildman–Crippen LogP) is 2.67. The fourth-order valence-electron chi connectivity index (χ4n) is 3.31. The molecule has 3 unspecified atom stereocenters. The number of anilines is 1. The van der Waals surface area contributed by atoms with Crippen molar-refractivity contribution in [3.63, 3.8) is 0 Å². The first-order chi connectivity index (χ1) is 9.31. The van der Waals surface area contributed by atoms with Gasteiger partial charge in [-0.2, -0.15) is 5.10 Å². The molecule has 0 amide bonds. The van der Waals surface area contributed by atoms with Gasteiger partial charge < -0.3 is 10.1 Å². The standard InChI is InChI=1S/C15H17N3O/c1-9-11-4-2-3-5-12(11)15(18-17-9)16-13-8-10-6-7-14(13)19-10/h2-5,10,13-14H,6-8H2,1H3,(H,16,18). The van der Waals surface area contributed by atoms with Crippen molar-refractivity contribution in [3.8, 4) is 0 Å². The van der Waals surface area contributed by atoms with Gasteiger partial charge in [0.15, 0.2) is 5.82 Å². The third-order valence-corrected chi connectivity index (χ3v) is 4.30. The molecule has 4 rings (SSSR count). The van der Waals surface area contributed by atoms with E-state index in [4.69, 9.17) is 4.74 Å². The van der Waals surface area contributed by atoms with E-state index in [-0.39, 0.29) is 0 Å². The lowest BCUT2D eigenvalue weighted by atomic mass is 9.95. The average Bonchev–Trinajstić information content (AvgIpc) is 3.05. The van der Waals surface area contributed by atoms with Gasteiger partial charge in [-0.05, 0) is 26.2 Å². The summed E-state index contributed by atoms with van der Waals surface area (Å²) in [6, 6.07) is 8.68. The Bertz CT molecular complexity index is 628. The van der Waals surface area contributed by atoms with Crippen LogP contribution in [0.2, 0.25) is 0 Å². The molecule has 2 aliphatic rings. The molecule has 98 valence electrons. The number of nitrogens with zero attached hydrogens (tertiary/aromatic N) is 2. The van der Waals surface area contributed by atoms with Crippen LogP contribution in [0.15, 0.2) is 24.3 Å². The van der Waals surface area contributed by atoms with Gasteiger partial charge in [0, 0.05) is 10.8 Å². The van der Waals surface area contributed by atoms with E-state index in [1.165, 1.54) is 18.2 Å². The molecule has 0 saturated carbocycles. The zero-order chi connectivity index (χ0) is 12.8. The summed E-state index contributed by atoms with van der Waals surface area (Å²) in [6.45, 7) is 2.00. The maximum Gasteiger partial charge on any atom is 0.156 e. The van der Waals surface area contributed by atoms with Crippen LogP contribution < -0.4 is 5.32 Å². The van der Waals surface area contributed by atoms with Crippen LogP contribution in [0.25, 0.3) is 10.8 Å². The van der Waals surface area contributed by atoms with E-state index < -0.39 is 0 Å². The van der Waals surface area contributed by atoms with E-state index >= 15 is 0 Å². The Labute approximate surface area is 112 Å². The topological polar surface area (TPSA) is 47.0 Å². The second-order valence-corrected chi connectivity index (χ2v) is 5.54. The lowest BCUT2D eigenvalue weighted by Crippen LogP contribution is -2.31. The Morgan fingerprint density at radius 3 is 2.74 bits per heavy atom. The highest BCUT2D eigenvalue weighted by Gasteiger charge is 2.41. The summed E-state index contributed by atoms with van der Waals surface area (Å²) >= 11 is 0. The molecule has 2 aliphatic heterocycles. The van der Waals surface area contributed by atoms with Crippen molar-refractivity contribution >= 4 is 16.6 Å². The SMILES string of the molecule is Cc1nnc(NC2CC3CCC2O3)c2ccccc12. The third kappa shape index (κ3) is 1.78. The van der Waals surface area contributed by atoms with Crippen molar-refractivity contribution in [2.75, 3.05) is 5.32 Å². The molecule has 2 aromatic rings. The van der Waals surface area contributed by atoms with Crippen LogP contribution in [0.4, 0.5) is 5.82 Å². The van der Waals surface area contributed by atoms with Crippen molar-refractivity contribution < 1.29 is 4.74 Å². The van der Waals surface area contributed by atoms with Gasteiger partial charge in [-0.15, -0.1) is 5.10 Å². The smallest absolute Gasteiger partial charge is 0.156 e. The molecular formula is C15H17N3O. The molecule has 19 heavy (non-hydrogen) atoms. The molecule has 1 aromatic heterocycles. The summed E-state index contributed by atoms with van der Waals surface area (Å²) in [5.74, 6) is 0.891. The highest BCUT2D eigenvalue weighted by atomic mass is 16.5. The number of hydrogen-bond donors (Lipinski definition) is 1. The first-order valence-corrected chi connectivity index (χ1v) is 6.95. The number of ether oxygens (including phenoxy) is 1. The summed E-state index contributed by atoms with van der Waals surface area (Å²) in [7, 11) is 0. The molecule has 3 heterocycles. The molecule has 2 saturated heterocycles. The van der Waals surface area contributed by atoms with E-state index in [2.05, 4.69) is 27.6 Å². The summed E-state index contributed by atoms with van der Waals surface area (Å²) in [4.78, 5) is 0. The largest absolute Gasteiger partial charge is 0.373 e. The van der Waals surface area contributed by atoms with E-state index in [0.29, 0.717) is 18.2 Å². The van der Waals surface area contributed by atoms with E-state index in [1.807, 2.05) is 19.1 Å². The van der Waals surface area contributed by atoms with Crippen LogP contribution in [-0.4, -0.2) is 28.4 Å². The monoisotopic (exact) mass is 255 g/mol. The number of fused-ring (bicyclic) bond motifs is 3. The lowest BCUT2D eigenvalue weighted by Gasteiger charge is -2.21. The number of nitrogens with one attached hydrogen (secondary N) is 1. The number of hydrogen-bond acceptors (Lipinski definition) is 4. The normalized spacial score (nSPS) is 29.0. The molecule has 2 fully saturated rings. The van der Waals surface area contributed by atoms with Gasteiger partial charge in [-0.1, -0.05) is 24.3 Å². The van der Waals surface area contributed by atoms with Crippen LogP contribution in [0, 0.1) is 6.92 Å². The number of aryl methyl sites for hydroxylation is 1. The van der Waals surface area contributed by atoms with Crippen LogP contribution in [0.1, 0.15) is 25.0 Å².